The van der Waals surface area contributed by atoms with Gasteiger partial charge in [-0.05, 0) is 29.7 Å². The molecule has 1 aromatic rings. The number of benzene rings is 1. The molecule has 0 aromatic heterocycles. The summed E-state index contributed by atoms with van der Waals surface area (Å²) in [6.45, 7) is -0.418. The fraction of sp³-hybridized carbons (Fsp3) is 0.385. The van der Waals surface area contributed by atoms with E-state index in [-0.39, 0.29) is 25.1 Å². The Morgan fingerprint density at radius 3 is 2.48 bits per heavy atom. The van der Waals surface area contributed by atoms with Crippen LogP contribution in [0.2, 0.25) is 0 Å². The van der Waals surface area contributed by atoms with Gasteiger partial charge in [0.15, 0.2) is 0 Å². The quantitative estimate of drug-likeness (QED) is 0.871. The zero-order chi connectivity index (χ0) is 15.8. The molecular weight excluding hydrogens is 294 g/mol. The van der Waals surface area contributed by atoms with E-state index in [1.54, 1.807) is 0 Å². The van der Waals surface area contributed by atoms with E-state index in [9.17, 15) is 27.2 Å². The second kappa shape index (κ2) is 5.34. The van der Waals surface area contributed by atoms with Crippen LogP contribution in [0.25, 0.3) is 0 Å². The number of nitrogens with zero attached hydrogens (tertiary/aromatic N) is 1. The van der Waals surface area contributed by atoms with E-state index in [2.05, 4.69) is 0 Å². The summed E-state index contributed by atoms with van der Waals surface area (Å²) in [7, 11) is 0. The molecule has 1 heterocycles. The minimum Gasteiger partial charge on any atom is -0.478 e. The van der Waals surface area contributed by atoms with E-state index >= 15 is 0 Å². The normalized spacial score (nSPS) is 15.0. The Morgan fingerprint density at radius 1 is 1.24 bits per heavy atom. The van der Waals surface area contributed by atoms with Crippen LogP contribution in [-0.2, 0) is 17.8 Å². The maximum absolute atomic E-state index is 13.1. The Labute approximate surface area is 117 Å². The average molecular weight is 305 g/mol. The Morgan fingerprint density at radius 2 is 1.90 bits per heavy atom. The van der Waals surface area contributed by atoms with E-state index < -0.39 is 24.2 Å². The molecule has 0 saturated carbocycles. The molecule has 0 radical (unpaired) electrons. The number of hydrogen-bond acceptors (Lipinski definition) is 2. The fourth-order valence-corrected chi connectivity index (χ4v) is 2.17. The third kappa shape index (κ3) is 2.84. The molecule has 0 saturated heterocycles. The molecule has 1 aromatic carbocycles. The Kier molecular flexibility index (Phi) is 3.89. The third-order valence-electron chi connectivity index (χ3n) is 3.31. The highest BCUT2D eigenvalue weighted by atomic mass is 19.3. The van der Waals surface area contributed by atoms with Crippen LogP contribution in [0.3, 0.4) is 0 Å². The molecule has 1 aliphatic heterocycles. The highest BCUT2D eigenvalue weighted by Gasteiger charge is 2.51. The lowest BCUT2D eigenvalue weighted by atomic mass is 9.97. The van der Waals surface area contributed by atoms with Crippen molar-refractivity contribution in [3.05, 3.63) is 34.9 Å². The van der Waals surface area contributed by atoms with Crippen molar-refractivity contribution < 1.29 is 32.3 Å². The number of alkyl halides is 4. The SMILES string of the molecule is O=C(O)c1ccc2c(c1)CN(C(=O)C(F)(F)C(F)F)CC2. The van der Waals surface area contributed by atoms with Gasteiger partial charge in [-0.2, -0.15) is 8.78 Å². The predicted octanol–water partition coefficient (Wildman–Crippen LogP) is 2.17. The topological polar surface area (TPSA) is 57.6 Å². The summed E-state index contributed by atoms with van der Waals surface area (Å²) in [6.07, 6.45) is -3.86. The van der Waals surface area contributed by atoms with Gasteiger partial charge in [0.1, 0.15) is 0 Å². The summed E-state index contributed by atoms with van der Waals surface area (Å²) in [5, 5.41) is 8.86. The predicted molar refractivity (Wildman–Crippen MR) is 63.5 cm³/mol. The first-order valence-corrected chi connectivity index (χ1v) is 6.04. The standard InChI is InChI=1S/C13H11F4NO3/c14-11(15)13(16,17)12(21)18-4-3-7-1-2-8(10(19)20)5-9(7)6-18/h1-2,5,11H,3-4,6H2,(H,19,20). The molecule has 0 fully saturated rings. The minimum absolute atomic E-state index is 0.0522. The van der Waals surface area contributed by atoms with Gasteiger partial charge in [0.25, 0.3) is 5.91 Å². The molecule has 114 valence electrons. The molecule has 0 spiro atoms. The molecule has 0 unspecified atom stereocenters. The molecule has 4 nitrogen and oxygen atoms in total. The number of fused-ring (bicyclic) bond motifs is 1. The smallest absolute Gasteiger partial charge is 0.383 e. The summed E-state index contributed by atoms with van der Waals surface area (Å²) in [4.78, 5) is 22.9. The molecular formula is C13H11F4NO3. The van der Waals surface area contributed by atoms with Gasteiger partial charge in [-0.3, -0.25) is 4.79 Å². The average Bonchev–Trinajstić information content (AvgIpc) is 2.44. The summed E-state index contributed by atoms with van der Waals surface area (Å²) in [5.74, 6) is -7.87. The number of carboxylic acid groups (broad SMARTS) is 1. The summed E-state index contributed by atoms with van der Waals surface area (Å²) < 4.78 is 50.6. The highest BCUT2D eigenvalue weighted by molar-refractivity contribution is 5.88. The van der Waals surface area contributed by atoms with Crippen LogP contribution in [0.5, 0.6) is 0 Å². The number of aromatic carboxylic acids is 1. The highest BCUT2D eigenvalue weighted by Crippen LogP contribution is 2.29. The Hall–Kier alpha value is -2.12. The van der Waals surface area contributed by atoms with E-state index in [0.29, 0.717) is 16.0 Å². The number of amides is 1. The van der Waals surface area contributed by atoms with Crippen molar-refractivity contribution in [2.45, 2.75) is 25.3 Å². The molecule has 2 rings (SSSR count). The number of carboxylic acids is 1. The summed E-state index contributed by atoms with van der Waals surface area (Å²) in [5.41, 5.74) is 1.03. The van der Waals surface area contributed by atoms with Crippen LogP contribution >= 0.6 is 0 Å². The van der Waals surface area contributed by atoms with E-state index in [1.807, 2.05) is 0 Å². The third-order valence-corrected chi connectivity index (χ3v) is 3.31. The molecule has 0 bridgehead atoms. The monoisotopic (exact) mass is 305 g/mol. The van der Waals surface area contributed by atoms with Gasteiger partial charge in [0, 0.05) is 13.1 Å². The van der Waals surface area contributed by atoms with E-state index in [1.165, 1.54) is 18.2 Å². The number of carbonyl (C=O) groups excluding carboxylic acids is 1. The van der Waals surface area contributed by atoms with Gasteiger partial charge in [0.05, 0.1) is 5.56 Å². The molecule has 1 aliphatic rings. The zero-order valence-corrected chi connectivity index (χ0v) is 10.7. The van der Waals surface area contributed by atoms with Crippen LogP contribution in [0.4, 0.5) is 17.6 Å². The first kappa shape index (κ1) is 15.3. The summed E-state index contributed by atoms with van der Waals surface area (Å²) in [6, 6.07) is 4.16. The Balaban J connectivity index is 2.24. The first-order valence-electron chi connectivity index (χ1n) is 6.04. The van der Waals surface area contributed by atoms with Crippen molar-refractivity contribution in [3.8, 4) is 0 Å². The second-order valence-electron chi connectivity index (χ2n) is 4.69. The number of carbonyl (C=O) groups is 2. The summed E-state index contributed by atoms with van der Waals surface area (Å²) >= 11 is 0. The molecule has 0 atom stereocenters. The molecule has 1 N–H and O–H groups in total. The molecule has 1 amide bonds. The maximum Gasteiger partial charge on any atom is 0.383 e. The van der Waals surface area contributed by atoms with Gasteiger partial charge >= 0.3 is 18.3 Å². The number of rotatable bonds is 3. The van der Waals surface area contributed by atoms with Crippen LogP contribution in [0, 0.1) is 0 Å². The lowest BCUT2D eigenvalue weighted by Crippen LogP contribution is -2.49. The van der Waals surface area contributed by atoms with E-state index in [4.69, 9.17) is 5.11 Å². The van der Waals surface area contributed by atoms with Crippen molar-refractivity contribution in [1.82, 2.24) is 4.90 Å². The van der Waals surface area contributed by atoms with Gasteiger partial charge in [-0.15, -0.1) is 0 Å². The van der Waals surface area contributed by atoms with Crippen molar-refractivity contribution in [2.24, 2.45) is 0 Å². The van der Waals surface area contributed by atoms with Gasteiger partial charge in [0.2, 0.25) is 0 Å². The first-order chi connectivity index (χ1) is 9.73. The molecule has 21 heavy (non-hydrogen) atoms. The van der Waals surface area contributed by atoms with Crippen LogP contribution < -0.4 is 0 Å². The van der Waals surface area contributed by atoms with E-state index in [0.717, 1.165) is 0 Å². The van der Waals surface area contributed by atoms with Gasteiger partial charge in [-0.1, -0.05) is 6.07 Å². The second-order valence-corrected chi connectivity index (χ2v) is 4.69. The lowest BCUT2D eigenvalue weighted by Gasteiger charge is -2.31. The molecule has 8 heteroatoms. The van der Waals surface area contributed by atoms with Gasteiger partial charge < -0.3 is 10.0 Å². The van der Waals surface area contributed by atoms with Crippen LogP contribution in [0.15, 0.2) is 18.2 Å². The largest absolute Gasteiger partial charge is 0.478 e. The van der Waals surface area contributed by atoms with Crippen molar-refractivity contribution >= 4 is 11.9 Å². The number of hydrogen-bond donors (Lipinski definition) is 1. The van der Waals surface area contributed by atoms with Crippen molar-refractivity contribution in [1.29, 1.82) is 0 Å². The fourth-order valence-electron chi connectivity index (χ4n) is 2.17. The van der Waals surface area contributed by atoms with Crippen molar-refractivity contribution in [3.63, 3.8) is 0 Å². The Bertz CT molecular complexity index is 589. The van der Waals surface area contributed by atoms with Crippen molar-refractivity contribution in [2.75, 3.05) is 6.54 Å². The molecule has 0 aliphatic carbocycles. The lowest BCUT2D eigenvalue weighted by molar-refractivity contribution is -0.181. The van der Waals surface area contributed by atoms with Crippen LogP contribution in [0.1, 0.15) is 21.5 Å². The zero-order valence-electron chi connectivity index (χ0n) is 10.7. The number of halogens is 4. The minimum atomic E-state index is -4.73. The van der Waals surface area contributed by atoms with Gasteiger partial charge in [-0.25, -0.2) is 13.6 Å². The van der Waals surface area contributed by atoms with Crippen LogP contribution in [-0.4, -0.2) is 40.8 Å². The maximum atomic E-state index is 13.1.